The maximum Gasteiger partial charge on any atom is 0.146 e. The smallest absolute Gasteiger partial charge is 0.146 e. The van der Waals surface area contributed by atoms with Gasteiger partial charge in [0.05, 0.1) is 17.0 Å². The first-order valence-electron chi connectivity index (χ1n) is 6.65. The first kappa shape index (κ1) is 14.1. The zero-order chi connectivity index (χ0) is 14.8. The summed E-state index contributed by atoms with van der Waals surface area (Å²) in [4.78, 5) is 0. The predicted octanol–water partition coefficient (Wildman–Crippen LogP) is 2.60. The zero-order valence-corrected chi connectivity index (χ0v) is 11.6. The third-order valence-electron chi connectivity index (χ3n) is 3.96. The summed E-state index contributed by atoms with van der Waals surface area (Å²) < 4.78 is 0. The van der Waals surface area contributed by atoms with Crippen LogP contribution in [0.25, 0.3) is 0 Å². The number of hydrogen-bond donors (Lipinski definition) is 1. The first-order valence-corrected chi connectivity index (χ1v) is 6.65. The molecule has 0 heterocycles. The van der Waals surface area contributed by atoms with E-state index in [-0.39, 0.29) is 5.92 Å². The molecule has 0 aliphatic heterocycles. The van der Waals surface area contributed by atoms with Crippen LogP contribution in [0.15, 0.2) is 24.3 Å². The highest BCUT2D eigenvalue weighted by molar-refractivity contribution is 5.49. The van der Waals surface area contributed by atoms with Gasteiger partial charge in [-0.05, 0) is 30.9 Å². The van der Waals surface area contributed by atoms with Crippen molar-refractivity contribution in [3.63, 3.8) is 0 Å². The van der Waals surface area contributed by atoms with E-state index in [1.54, 1.807) is 24.3 Å². The van der Waals surface area contributed by atoms with E-state index in [1.807, 2.05) is 13.8 Å². The second-order valence-electron chi connectivity index (χ2n) is 5.52. The van der Waals surface area contributed by atoms with Gasteiger partial charge >= 0.3 is 0 Å². The maximum absolute atomic E-state index is 10.8. The van der Waals surface area contributed by atoms with Gasteiger partial charge in [0.1, 0.15) is 11.7 Å². The van der Waals surface area contributed by atoms with Gasteiger partial charge in [-0.25, -0.2) is 0 Å². The molecule has 3 nitrogen and oxygen atoms in total. The van der Waals surface area contributed by atoms with Crippen LogP contribution < -0.4 is 0 Å². The van der Waals surface area contributed by atoms with Crippen molar-refractivity contribution >= 4 is 0 Å². The minimum Gasteiger partial charge on any atom is -0.376 e. The molecule has 1 atom stereocenters. The summed E-state index contributed by atoms with van der Waals surface area (Å²) in [5.74, 6) is 5.62. The Labute approximate surface area is 119 Å². The fourth-order valence-corrected chi connectivity index (χ4v) is 2.37. The number of benzene rings is 1. The standard InChI is InChI=1S/C17H16N2O/c1-13(2)17(20,16(12-19)9-10-16)8-7-14-5-3-4-6-15(14)11-18/h3-6,13,20H,9-10H2,1-2H3/t17-/m0/s1. The van der Waals surface area contributed by atoms with E-state index < -0.39 is 11.0 Å². The van der Waals surface area contributed by atoms with Crippen molar-refractivity contribution in [1.82, 2.24) is 0 Å². The largest absolute Gasteiger partial charge is 0.376 e. The summed E-state index contributed by atoms with van der Waals surface area (Å²) >= 11 is 0. The van der Waals surface area contributed by atoms with Crippen LogP contribution in [0.5, 0.6) is 0 Å². The molecule has 0 radical (unpaired) electrons. The second kappa shape index (κ2) is 5.01. The highest BCUT2D eigenvalue weighted by atomic mass is 16.3. The summed E-state index contributed by atoms with van der Waals surface area (Å²) in [5, 5.41) is 29.2. The lowest BCUT2D eigenvalue weighted by molar-refractivity contribution is 0.00476. The van der Waals surface area contributed by atoms with E-state index in [0.717, 1.165) is 0 Å². The average molecular weight is 264 g/mol. The molecule has 0 aromatic heterocycles. The van der Waals surface area contributed by atoms with E-state index in [1.165, 1.54) is 0 Å². The minimum absolute atomic E-state index is 0.147. The van der Waals surface area contributed by atoms with Crippen LogP contribution >= 0.6 is 0 Å². The van der Waals surface area contributed by atoms with Crippen molar-refractivity contribution in [2.45, 2.75) is 32.3 Å². The summed E-state index contributed by atoms with van der Waals surface area (Å²) in [7, 11) is 0. The first-order chi connectivity index (χ1) is 9.49. The third kappa shape index (κ3) is 2.16. The minimum atomic E-state index is -1.33. The molecule has 1 saturated carbocycles. The van der Waals surface area contributed by atoms with Crippen molar-refractivity contribution in [1.29, 1.82) is 10.5 Å². The molecule has 1 aliphatic rings. The van der Waals surface area contributed by atoms with Gasteiger partial charge in [-0.2, -0.15) is 10.5 Å². The van der Waals surface area contributed by atoms with Crippen LogP contribution in [0.4, 0.5) is 0 Å². The van der Waals surface area contributed by atoms with E-state index >= 15 is 0 Å². The molecule has 0 unspecified atom stereocenters. The van der Waals surface area contributed by atoms with E-state index in [0.29, 0.717) is 24.0 Å². The molecule has 1 N–H and O–H groups in total. The van der Waals surface area contributed by atoms with Crippen LogP contribution in [0.1, 0.15) is 37.8 Å². The summed E-state index contributed by atoms with van der Waals surface area (Å²) in [5.41, 5.74) is -1.02. The molecule has 0 bridgehead atoms. The van der Waals surface area contributed by atoms with Crippen LogP contribution in [0.2, 0.25) is 0 Å². The number of aliphatic hydroxyl groups is 1. The Bertz CT molecular complexity index is 663. The molecule has 1 aromatic rings. The van der Waals surface area contributed by atoms with E-state index in [2.05, 4.69) is 24.0 Å². The van der Waals surface area contributed by atoms with Crippen LogP contribution in [0.3, 0.4) is 0 Å². The van der Waals surface area contributed by atoms with Gasteiger partial charge in [-0.15, -0.1) is 0 Å². The van der Waals surface area contributed by atoms with Crippen molar-refractivity contribution in [3.05, 3.63) is 35.4 Å². The highest BCUT2D eigenvalue weighted by Crippen LogP contribution is 2.56. The van der Waals surface area contributed by atoms with Gasteiger partial charge in [0.25, 0.3) is 0 Å². The van der Waals surface area contributed by atoms with Gasteiger partial charge in [0.2, 0.25) is 0 Å². The van der Waals surface area contributed by atoms with Crippen molar-refractivity contribution in [2.75, 3.05) is 0 Å². The Morgan fingerprint density at radius 2 is 1.80 bits per heavy atom. The van der Waals surface area contributed by atoms with E-state index in [4.69, 9.17) is 5.26 Å². The van der Waals surface area contributed by atoms with Crippen molar-refractivity contribution in [2.24, 2.45) is 11.3 Å². The van der Waals surface area contributed by atoms with Gasteiger partial charge in [-0.3, -0.25) is 0 Å². The Balaban J connectivity index is 2.44. The molecule has 1 aromatic carbocycles. The molecule has 1 aliphatic carbocycles. The molecule has 20 heavy (non-hydrogen) atoms. The van der Waals surface area contributed by atoms with Crippen molar-refractivity contribution < 1.29 is 5.11 Å². The van der Waals surface area contributed by atoms with Crippen LogP contribution in [0, 0.1) is 45.8 Å². The molecule has 1 fully saturated rings. The number of nitriles is 2. The Kier molecular flexibility index (Phi) is 3.54. The second-order valence-corrected chi connectivity index (χ2v) is 5.52. The third-order valence-corrected chi connectivity index (χ3v) is 3.96. The molecule has 2 rings (SSSR count). The molecular formula is C17H16N2O. The predicted molar refractivity (Wildman–Crippen MR) is 75.1 cm³/mol. The molecular weight excluding hydrogens is 248 g/mol. The lowest BCUT2D eigenvalue weighted by atomic mass is 9.77. The van der Waals surface area contributed by atoms with Gasteiger partial charge in [0.15, 0.2) is 0 Å². The van der Waals surface area contributed by atoms with Gasteiger partial charge < -0.3 is 5.11 Å². The average Bonchev–Trinajstić information content (AvgIpc) is 3.26. The number of rotatable bonds is 2. The van der Waals surface area contributed by atoms with Crippen molar-refractivity contribution in [3.8, 4) is 24.0 Å². The number of hydrogen-bond acceptors (Lipinski definition) is 3. The molecule has 0 spiro atoms. The zero-order valence-electron chi connectivity index (χ0n) is 11.6. The molecule has 0 saturated heterocycles. The summed E-state index contributed by atoms with van der Waals surface area (Å²) in [6.07, 6.45) is 1.35. The maximum atomic E-state index is 10.8. The Hall–Kier alpha value is -2.28. The molecule has 3 heteroatoms. The van der Waals surface area contributed by atoms with Crippen LogP contribution in [-0.4, -0.2) is 10.7 Å². The monoisotopic (exact) mass is 264 g/mol. The number of nitrogens with zero attached hydrogens (tertiary/aromatic N) is 2. The topological polar surface area (TPSA) is 67.8 Å². The van der Waals surface area contributed by atoms with Gasteiger partial charge in [0, 0.05) is 5.56 Å². The highest BCUT2D eigenvalue weighted by Gasteiger charge is 2.60. The fraction of sp³-hybridized carbons (Fsp3) is 0.412. The van der Waals surface area contributed by atoms with E-state index in [9.17, 15) is 10.4 Å². The Morgan fingerprint density at radius 3 is 2.25 bits per heavy atom. The normalized spacial score (nSPS) is 18.1. The Morgan fingerprint density at radius 1 is 1.20 bits per heavy atom. The van der Waals surface area contributed by atoms with Crippen LogP contribution in [-0.2, 0) is 0 Å². The lowest BCUT2D eigenvalue weighted by Crippen LogP contribution is -2.42. The molecule has 0 amide bonds. The SMILES string of the molecule is CC(C)[C@@](O)(C#Cc1ccccc1C#N)C1(C#N)CC1. The van der Waals surface area contributed by atoms with Gasteiger partial charge in [-0.1, -0.05) is 37.8 Å². The lowest BCUT2D eigenvalue weighted by Gasteiger charge is -2.31. The summed E-state index contributed by atoms with van der Waals surface area (Å²) in [6, 6.07) is 11.3. The quantitative estimate of drug-likeness (QED) is 0.835. The molecule has 100 valence electrons. The summed E-state index contributed by atoms with van der Waals surface area (Å²) in [6.45, 7) is 3.73. The fourth-order valence-electron chi connectivity index (χ4n) is 2.37.